The lowest BCUT2D eigenvalue weighted by atomic mass is 10.0. The van der Waals surface area contributed by atoms with Crippen LogP contribution < -0.4 is 0 Å². The number of ether oxygens (including phenoxy) is 1. The van der Waals surface area contributed by atoms with Crippen molar-refractivity contribution < 1.29 is 19.1 Å². The van der Waals surface area contributed by atoms with Crippen LogP contribution >= 0.6 is 0 Å². The molecule has 0 saturated heterocycles. The zero-order valence-electron chi connectivity index (χ0n) is 15.1. The first-order valence-electron chi connectivity index (χ1n) is 7.76. The molecule has 128 valence electrons. The zero-order valence-corrected chi connectivity index (χ0v) is 16.1. The van der Waals surface area contributed by atoms with Crippen LogP contribution in [0.1, 0.15) is 34.1 Å². The van der Waals surface area contributed by atoms with Gasteiger partial charge in [-0.05, 0) is 30.5 Å². The predicted octanol–water partition coefficient (Wildman–Crippen LogP) is 3.68. The Morgan fingerprint density at radius 2 is 1.86 bits per heavy atom. The maximum atomic E-state index is 11.0. The van der Waals surface area contributed by atoms with Crippen molar-refractivity contribution >= 4 is 14.3 Å². The molecule has 0 amide bonds. The van der Waals surface area contributed by atoms with Gasteiger partial charge in [-0.1, -0.05) is 45.9 Å². The van der Waals surface area contributed by atoms with Crippen molar-refractivity contribution in [3.63, 3.8) is 0 Å². The number of hydrogen-bond acceptors (Lipinski definition) is 4. The molecule has 0 saturated carbocycles. The minimum Gasteiger partial charge on any atom is -0.466 e. The van der Waals surface area contributed by atoms with Gasteiger partial charge in [-0.25, -0.2) is 4.79 Å². The number of methoxy groups -OCH3 is 1. The van der Waals surface area contributed by atoms with E-state index in [4.69, 9.17) is 4.43 Å². The third-order valence-corrected chi connectivity index (χ3v) is 8.72. The number of esters is 1. The molecule has 0 radical (unpaired) electrons. The average molecular weight is 329 g/mol. The van der Waals surface area contributed by atoms with E-state index in [9.17, 15) is 9.90 Å². The Labute approximate surface area is 136 Å². The molecule has 0 spiro atoms. The van der Waals surface area contributed by atoms with Crippen LogP contribution in [-0.4, -0.2) is 39.2 Å². The van der Waals surface area contributed by atoms with E-state index in [0.717, 1.165) is 0 Å². The lowest BCUT2D eigenvalue weighted by Gasteiger charge is -2.40. The van der Waals surface area contributed by atoms with Gasteiger partial charge in [-0.15, -0.1) is 0 Å². The number of aliphatic hydroxyl groups is 1. The van der Waals surface area contributed by atoms with Gasteiger partial charge in [0.1, 0.15) is 0 Å². The fourth-order valence-corrected chi connectivity index (χ4v) is 3.12. The molecule has 0 aliphatic carbocycles. The van der Waals surface area contributed by atoms with E-state index in [0.29, 0.717) is 6.42 Å². The maximum Gasteiger partial charge on any atom is 0.330 e. The monoisotopic (exact) mass is 328 g/mol. The number of rotatable bonds is 8. The Morgan fingerprint density at radius 1 is 1.27 bits per heavy atom. The molecule has 22 heavy (non-hydrogen) atoms. The van der Waals surface area contributed by atoms with Crippen LogP contribution in [0.4, 0.5) is 0 Å². The second kappa shape index (κ2) is 9.28. The third-order valence-electron chi connectivity index (χ3n) is 4.21. The molecule has 0 bridgehead atoms. The summed E-state index contributed by atoms with van der Waals surface area (Å²) in [5.74, 6) is -0.217. The summed E-state index contributed by atoms with van der Waals surface area (Å²) in [7, 11) is -0.526. The number of hydrogen-bond donors (Lipinski definition) is 1. The van der Waals surface area contributed by atoms with Crippen molar-refractivity contribution in [3.8, 4) is 0 Å². The van der Waals surface area contributed by atoms with Gasteiger partial charge >= 0.3 is 5.97 Å². The molecular formula is C17H32O4Si. The molecule has 1 N–H and O–H groups in total. The van der Waals surface area contributed by atoms with Crippen LogP contribution in [0.3, 0.4) is 0 Å². The summed E-state index contributed by atoms with van der Waals surface area (Å²) in [6.07, 6.45) is 7.43. The summed E-state index contributed by atoms with van der Waals surface area (Å²) in [6.45, 7) is 13.2. The number of allylic oxidation sites excluding steroid dienone is 2. The minimum atomic E-state index is -1.88. The van der Waals surface area contributed by atoms with Crippen LogP contribution in [0.5, 0.6) is 0 Å². The maximum absolute atomic E-state index is 11.0. The molecule has 4 nitrogen and oxygen atoms in total. The van der Waals surface area contributed by atoms with E-state index in [2.05, 4.69) is 45.5 Å². The van der Waals surface area contributed by atoms with Crippen molar-refractivity contribution in [3.05, 3.63) is 24.3 Å². The van der Waals surface area contributed by atoms with E-state index in [1.54, 1.807) is 6.08 Å². The van der Waals surface area contributed by atoms with Crippen molar-refractivity contribution in [1.29, 1.82) is 0 Å². The van der Waals surface area contributed by atoms with E-state index < -0.39 is 8.32 Å². The zero-order chi connectivity index (χ0) is 17.4. The fourth-order valence-electron chi connectivity index (χ4n) is 1.68. The molecule has 0 aromatic carbocycles. The average Bonchev–Trinajstić information content (AvgIpc) is 2.41. The van der Waals surface area contributed by atoms with Gasteiger partial charge in [-0.3, -0.25) is 0 Å². The lowest BCUT2D eigenvalue weighted by Crippen LogP contribution is -2.45. The molecule has 5 heteroatoms. The van der Waals surface area contributed by atoms with Gasteiger partial charge < -0.3 is 14.3 Å². The summed E-state index contributed by atoms with van der Waals surface area (Å²) in [6, 6.07) is 0. The quantitative estimate of drug-likeness (QED) is 0.320. The highest BCUT2D eigenvalue weighted by molar-refractivity contribution is 6.74. The van der Waals surface area contributed by atoms with Crippen LogP contribution in [-0.2, 0) is 14.0 Å². The summed E-state index contributed by atoms with van der Waals surface area (Å²) in [5, 5.41) is 9.43. The number of aliphatic hydroxyl groups excluding tert-OH is 1. The van der Waals surface area contributed by atoms with Crippen molar-refractivity contribution in [2.75, 3.05) is 13.7 Å². The van der Waals surface area contributed by atoms with Crippen LogP contribution in [0.2, 0.25) is 18.1 Å². The predicted molar refractivity (Wildman–Crippen MR) is 93.2 cm³/mol. The molecule has 0 aliphatic heterocycles. The van der Waals surface area contributed by atoms with E-state index in [-0.39, 0.29) is 29.6 Å². The Balaban J connectivity index is 4.84. The Bertz CT molecular complexity index is 394. The first-order valence-corrected chi connectivity index (χ1v) is 10.7. The Morgan fingerprint density at radius 3 is 2.32 bits per heavy atom. The van der Waals surface area contributed by atoms with Gasteiger partial charge in [0.05, 0.1) is 13.2 Å². The van der Waals surface area contributed by atoms with Crippen molar-refractivity contribution in [1.82, 2.24) is 0 Å². The van der Waals surface area contributed by atoms with E-state index >= 15 is 0 Å². The van der Waals surface area contributed by atoms with Crippen molar-refractivity contribution in [2.24, 2.45) is 5.92 Å². The second-order valence-electron chi connectivity index (χ2n) is 7.06. The van der Waals surface area contributed by atoms with Crippen molar-refractivity contribution in [2.45, 2.75) is 58.4 Å². The minimum absolute atomic E-state index is 0.0198. The highest BCUT2D eigenvalue weighted by Crippen LogP contribution is 2.38. The van der Waals surface area contributed by atoms with E-state index in [1.165, 1.54) is 13.2 Å². The first kappa shape index (κ1) is 21.1. The van der Waals surface area contributed by atoms with Crippen LogP contribution in [0, 0.1) is 5.92 Å². The standard InChI is InChI=1S/C17H32O4Si/c1-14(10-8-9-11-16(19)20-5)15(12-13-18)21-22(6,7)17(2,3)4/h8-11,14-15,18H,12-13H2,1-7H3/b10-8+,11-9-/t14-,15+/m1/s1. The molecule has 0 aromatic rings. The topological polar surface area (TPSA) is 55.8 Å². The van der Waals surface area contributed by atoms with Gasteiger partial charge in [0.2, 0.25) is 0 Å². The highest BCUT2D eigenvalue weighted by atomic mass is 28.4. The highest BCUT2D eigenvalue weighted by Gasteiger charge is 2.39. The van der Waals surface area contributed by atoms with E-state index in [1.807, 2.05) is 12.2 Å². The van der Waals surface area contributed by atoms with Crippen LogP contribution in [0.25, 0.3) is 0 Å². The normalized spacial score (nSPS) is 16.2. The van der Waals surface area contributed by atoms with Crippen LogP contribution in [0.15, 0.2) is 24.3 Å². The molecular weight excluding hydrogens is 296 g/mol. The molecule has 0 heterocycles. The van der Waals surface area contributed by atoms with Gasteiger partial charge in [0.25, 0.3) is 0 Å². The molecule has 0 rings (SSSR count). The molecule has 2 atom stereocenters. The molecule has 0 fully saturated rings. The molecule has 0 aromatic heterocycles. The molecule has 0 unspecified atom stereocenters. The van der Waals surface area contributed by atoms with Gasteiger partial charge in [0, 0.05) is 12.7 Å². The largest absolute Gasteiger partial charge is 0.466 e. The first-order chi connectivity index (χ1) is 10.0. The smallest absolute Gasteiger partial charge is 0.330 e. The SMILES string of the molecule is COC(=O)/C=C\C=C\[C@@H](C)[C@H](CCO)O[Si](C)(C)C(C)(C)C. The number of carbonyl (C=O) groups excluding carboxylic acids is 1. The molecule has 0 aliphatic rings. The summed E-state index contributed by atoms with van der Waals surface area (Å²) < 4.78 is 11.0. The fraction of sp³-hybridized carbons (Fsp3) is 0.706. The Kier molecular flexibility index (Phi) is 8.89. The summed E-state index contributed by atoms with van der Waals surface area (Å²) in [5.41, 5.74) is 0. The summed E-state index contributed by atoms with van der Waals surface area (Å²) in [4.78, 5) is 11.0. The van der Waals surface area contributed by atoms with Gasteiger partial charge in [0.15, 0.2) is 8.32 Å². The number of carbonyl (C=O) groups is 1. The second-order valence-corrected chi connectivity index (χ2v) is 11.8. The third kappa shape index (κ3) is 7.38. The Hall–Kier alpha value is -0.913. The van der Waals surface area contributed by atoms with Gasteiger partial charge in [-0.2, -0.15) is 0 Å². The lowest BCUT2D eigenvalue weighted by molar-refractivity contribution is -0.134. The summed E-state index contributed by atoms with van der Waals surface area (Å²) >= 11 is 0.